The summed E-state index contributed by atoms with van der Waals surface area (Å²) in [6, 6.07) is 8.25. The van der Waals surface area contributed by atoms with Crippen LogP contribution in [-0.4, -0.2) is 23.4 Å². The quantitative estimate of drug-likeness (QED) is 0.551. The van der Waals surface area contributed by atoms with Gasteiger partial charge in [0.25, 0.3) is 5.69 Å². The molecule has 0 fully saturated rings. The Morgan fingerprint density at radius 3 is 2.70 bits per heavy atom. The first-order chi connectivity index (χ1) is 11.0. The van der Waals surface area contributed by atoms with Crippen molar-refractivity contribution in [3.8, 4) is 0 Å². The fourth-order valence-electron chi connectivity index (χ4n) is 1.69. The summed E-state index contributed by atoms with van der Waals surface area (Å²) in [4.78, 5) is 33.3. The monoisotopic (exact) mass is 318 g/mol. The number of nitro groups is 1. The van der Waals surface area contributed by atoms with Crippen molar-refractivity contribution in [3.05, 3.63) is 58.5 Å². The molecule has 0 bridgehead atoms. The van der Waals surface area contributed by atoms with Crippen molar-refractivity contribution < 1.29 is 18.9 Å². The highest BCUT2D eigenvalue weighted by Crippen LogP contribution is 2.16. The second-order valence-electron chi connectivity index (χ2n) is 4.47. The minimum absolute atomic E-state index is 0.140. The van der Waals surface area contributed by atoms with Crippen LogP contribution in [0.3, 0.4) is 0 Å². The van der Waals surface area contributed by atoms with Crippen LogP contribution < -0.4 is 16.0 Å². The van der Waals surface area contributed by atoms with Crippen molar-refractivity contribution >= 4 is 23.3 Å². The predicted molar refractivity (Wildman–Crippen MR) is 80.7 cm³/mol. The van der Waals surface area contributed by atoms with Gasteiger partial charge >= 0.3 is 6.03 Å². The number of nitrogens with zero attached hydrogens (tertiary/aromatic N) is 1. The number of anilines is 1. The van der Waals surface area contributed by atoms with E-state index in [1.807, 2.05) is 0 Å². The van der Waals surface area contributed by atoms with E-state index < -0.39 is 16.9 Å². The van der Waals surface area contributed by atoms with E-state index in [-0.39, 0.29) is 24.5 Å². The Hall–Kier alpha value is -3.36. The second-order valence-corrected chi connectivity index (χ2v) is 4.47. The van der Waals surface area contributed by atoms with E-state index in [4.69, 9.17) is 4.42 Å². The Bertz CT molecular complexity index is 699. The van der Waals surface area contributed by atoms with E-state index >= 15 is 0 Å². The van der Waals surface area contributed by atoms with Crippen molar-refractivity contribution in [1.82, 2.24) is 10.6 Å². The SMILES string of the molecule is O=C(CNC(=O)Nc1cccc([N+](=O)[O-])c1)NCc1ccco1. The Morgan fingerprint density at radius 1 is 1.17 bits per heavy atom. The normalized spacial score (nSPS) is 9.91. The van der Waals surface area contributed by atoms with E-state index in [0.717, 1.165) is 0 Å². The number of nitro benzene ring substituents is 1. The van der Waals surface area contributed by atoms with Crippen LogP contribution in [0.15, 0.2) is 47.1 Å². The number of benzene rings is 1. The second kappa shape index (κ2) is 7.59. The summed E-state index contributed by atoms with van der Waals surface area (Å²) in [5.41, 5.74) is 0.117. The first kappa shape index (κ1) is 16.0. The molecule has 0 spiro atoms. The third kappa shape index (κ3) is 5.16. The third-order valence-electron chi connectivity index (χ3n) is 2.76. The maximum absolute atomic E-state index is 11.6. The van der Waals surface area contributed by atoms with Crippen molar-refractivity contribution in [2.75, 3.05) is 11.9 Å². The Kier molecular flexibility index (Phi) is 5.29. The molecule has 0 aliphatic rings. The molecule has 1 heterocycles. The molecule has 0 saturated heterocycles. The van der Waals surface area contributed by atoms with Crippen LogP contribution >= 0.6 is 0 Å². The molecule has 1 aromatic heterocycles. The zero-order chi connectivity index (χ0) is 16.7. The third-order valence-corrected chi connectivity index (χ3v) is 2.76. The summed E-state index contributed by atoms with van der Waals surface area (Å²) in [5.74, 6) is 0.204. The molecule has 0 radical (unpaired) electrons. The summed E-state index contributed by atoms with van der Waals surface area (Å²) in [7, 11) is 0. The van der Waals surface area contributed by atoms with Gasteiger partial charge in [0.05, 0.1) is 24.3 Å². The van der Waals surface area contributed by atoms with E-state index in [1.165, 1.54) is 30.5 Å². The van der Waals surface area contributed by atoms with Gasteiger partial charge < -0.3 is 20.4 Å². The highest BCUT2D eigenvalue weighted by Gasteiger charge is 2.09. The van der Waals surface area contributed by atoms with Gasteiger partial charge in [-0.25, -0.2) is 4.79 Å². The number of urea groups is 1. The average Bonchev–Trinajstić information content (AvgIpc) is 3.04. The molecule has 0 aliphatic heterocycles. The highest BCUT2D eigenvalue weighted by molar-refractivity contribution is 5.92. The molecule has 120 valence electrons. The van der Waals surface area contributed by atoms with E-state index in [2.05, 4.69) is 16.0 Å². The summed E-state index contributed by atoms with van der Waals surface area (Å²) >= 11 is 0. The molecule has 9 heteroatoms. The largest absolute Gasteiger partial charge is 0.467 e. The van der Waals surface area contributed by atoms with Crippen LogP contribution in [0.25, 0.3) is 0 Å². The average molecular weight is 318 g/mol. The number of nitrogens with one attached hydrogen (secondary N) is 3. The molecule has 0 saturated carbocycles. The van der Waals surface area contributed by atoms with Crippen LogP contribution in [0.1, 0.15) is 5.76 Å². The minimum Gasteiger partial charge on any atom is -0.467 e. The minimum atomic E-state index is -0.640. The molecule has 3 amide bonds. The van der Waals surface area contributed by atoms with Gasteiger partial charge in [-0.05, 0) is 18.2 Å². The van der Waals surface area contributed by atoms with Gasteiger partial charge in [-0.1, -0.05) is 6.07 Å². The van der Waals surface area contributed by atoms with Crippen LogP contribution in [0, 0.1) is 10.1 Å². The first-order valence-corrected chi connectivity index (χ1v) is 6.63. The summed E-state index contributed by atoms with van der Waals surface area (Å²) in [6.07, 6.45) is 1.49. The number of furan rings is 1. The van der Waals surface area contributed by atoms with Gasteiger partial charge in [-0.2, -0.15) is 0 Å². The molecule has 2 aromatic rings. The Balaban J connectivity index is 1.75. The Labute approximate surface area is 130 Å². The number of hydrogen-bond acceptors (Lipinski definition) is 5. The maximum atomic E-state index is 11.6. The molecule has 0 unspecified atom stereocenters. The number of amides is 3. The molecule has 3 N–H and O–H groups in total. The molecule has 0 atom stereocenters. The lowest BCUT2D eigenvalue weighted by Gasteiger charge is -2.07. The lowest BCUT2D eigenvalue weighted by atomic mass is 10.3. The van der Waals surface area contributed by atoms with Gasteiger partial charge in [0.2, 0.25) is 5.91 Å². The zero-order valence-corrected chi connectivity index (χ0v) is 11.9. The van der Waals surface area contributed by atoms with Crippen molar-refractivity contribution in [2.24, 2.45) is 0 Å². The molecule has 1 aromatic carbocycles. The van der Waals surface area contributed by atoms with E-state index in [0.29, 0.717) is 5.76 Å². The molecule has 23 heavy (non-hydrogen) atoms. The molecule has 2 rings (SSSR count). The number of carbonyl (C=O) groups excluding carboxylic acids is 2. The van der Waals surface area contributed by atoms with Gasteiger partial charge in [-0.3, -0.25) is 14.9 Å². The molecule has 9 nitrogen and oxygen atoms in total. The number of hydrogen-bond donors (Lipinski definition) is 3. The van der Waals surface area contributed by atoms with Crippen molar-refractivity contribution in [1.29, 1.82) is 0 Å². The summed E-state index contributed by atoms with van der Waals surface area (Å²) < 4.78 is 5.05. The van der Waals surface area contributed by atoms with Crippen LogP contribution in [0.5, 0.6) is 0 Å². The van der Waals surface area contributed by atoms with Crippen molar-refractivity contribution in [2.45, 2.75) is 6.54 Å². The Morgan fingerprint density at radius 2 is 2.00 bits per heavy atom. The van der Waals surface area contributed by atoms with Crippen LogP contribution in [0.4, 0.5) is 16.2 Å². The molecule has 0 aliphatic carbocycles. The highest BCUT2D eigenvalue weighted by atomic mass is 16.6. The topological polar surface area (TPSA) is 127 Å². The lowest BCUT2D eigenvalue weighted by molar-refractivity contribution is -0.384. The molecular weight excluding hydrogens is 304 g/mol. The van der Waals surface area contributed by atoms with Gasteiger partial charge in [0, 0.05) is 17.8 Å². The van der Waals surface area contributed by atoms with Crippen molar-refractivity contribution in [3.63, 3.8) is 0 Å². The molecular formula is C14H14N4O5. The summed E-state index contributed by atoms with van der Waals surface area (Å²) in [6.45, 7) is -0.0124. The van der Waals surface area contributed by atoms with Gasteiger partial charge in [0.15, 0.2) is 0 Å². The number of rotatable bonds is 6. The summed E-state index contributed by atoms with van der Waals surface area (Å²) in [5, 5.41) is 18.0. The van der Waals surface area contributed by atoms with E-state index in [9.17, 15) is 19.7 Å². The fourth-order valence-corrected chi connectivity index (χ4v) is 1.69. The fraction of sp³-hybridized carbons (Fsp3) is 0.143. The number of non-ortho nitro benzene ring substituents is 1. The maximum Gasteiger partial charge on any atom is 0.319 e. The predicted octanol–water partition coefficient (Wildman–Crippen LogP) is 1.63. The van der Waals surface area contributed by atoms with Gasteiger partial charge in [0.1, 0.15) is 5.76 Å². The van der Waals surface area contributed by atoms with Gasteiger partial charge in [-0.15, -0.1) is 0 Å². The zero-order valence-electron chi connectivity index (χ0n) is 11.9. The van der Waals surface area contributed by atoms with Crippen LogP contribution in [-0.2, 0) is 11.3 Å². The number of carbonyl (C=O) groups is 2. The smallest absolute Gasteiger partial charge is 0.319 e. The van der Waals surface area contributed by atoms with E-state index in [1.54, 1.807) is 12.1 Å². The first-order valence-electron chi connectivity index (χ1n) is 6.63. The standard InChI is InChI=1S/C14H14N4O5/c19-13(15-8-12-5-2-6-23-12)9-16-14(20)17-10-3-1-4-11(7-10)18(21)22/h1-7H,8-9H2,(H,15,19)(H2,16,17,20). The lowest BCUT2D eigenvalue weighted by Crippen LogP contribution is -2.38. The van der Waals surface area contributed by atoms with Crippen LogP contribution in [0.2, 0.25) is 0 Å².